The van der Waals surface area contributed by atoms with E-state index < -0.39 is 0 Å². The molecule has 0 aromatic carbocycles. The van der Waals surface area contributed by atoms with Crippen LogP contribution in [0, 0.1) is 0 Å². The highest BCUT2D eigenvalue weighted by atomic mass is 16.5. The number of hydrogen-bond acceptors (Lipinski definition) is 2. The highest BCUT2D eigenvalue weighted by molar-refractivity contribution is 5.66. The highest BCUT2D eigenvalue weighted by Gasteiger charge is 1.99. The van der Waals surface area contributed by atoms with Crippen molar-refractivity contribution in [2.24, 2.45) is 0 Å². The lowest BCUT2D eigenvalue weighted by molar-refractivity contribution is 0.144. The minimum Gasteiger partial charge on any atom is -0.450 e. The summed E-state index contributed by atoms with van der Waals surface area (Å²) >= 11 is 0. The van der Waals surface area contributed by atoms with E-state index in [0.717, 1.165) is 25.7 Å². The first-order valence-electron chi connectivity index (χ1n) is 5.30. The average Bonchev–Trinajstić information content (AvgIpc) is 2.18. The molecular weight excluding hydrogens is 182 g/mol. The van der Waals surface area contributed by atoms with Crippen LogP contribution in [0.5, 0.6) is 0 Å². The molecule has 0 atom stereocenters. The summed E-state index contributed by atoms with van der Waals surface area (Å²) in [6.45, 7) is 3.11. The van der Waals surface area contributed by atoms with Crippen molar-refractivity contribution in [1.29, 1.82) is 0 Å². The van der Waals surface area contributed by atoms with Gasteiger partial charge in [-0.2, -0.15) is 0 Å². The summed E-state index contributed by atoms with van der Waals surface area (Å²) < 4.78 is 4.88. The van der Waals surface area contributed by atoms with Crippen LogP contribution in [0.3, 0.4) is 0 Å². The second-order valence-electron chi connectivity index (χ2n) is 3.18. The van der Waals surface area contributed by atoms with Crippen LogP contribution in [0.2, 0.25) is 0 Å². The molecule has 0 aromatic heterocycles. The Labute approximate surface area is 85.6 Å². The third-order valence-corrected chi connectivity index (χ3v) is 1.82. The summed E-state index contributed by atoms with van der Waals surface area (Å²) in [5, 5.41) is 12.7. The Balaban J connectivity index is 3.10. The van der Waals surface area contributed by atoms with E-state index in [9.17, 15) is 9.90 Å². The Morgan fingerprint density at radius 3 is 2.64 bits per heavy atom. The molecule has 1 amide bonds. The number of carbonyl (C=O) groups is 1. The van der Waals surface area contributed by atoms with Gasteiger partial charge in [0.1, 0.15) is 0 Å². The molecule has 0 aliphatic carbocycles. The summed E-state index contributed by atoms with van der Waals surface area (Å²) in [5.41, 5.74) is 0. The van der Waals surface area contributed by atoms with Crippen molar-refractivity contribution in [3.8, 4) is 0 Å². The molecule has 4 heteroatoms. The number of unbranched alkanes of at least 4 members (excludes halogenated alkanes) is 3. The fourth-order valence-electron chi connectivity index (χ4n) is 0.955. The number of hydrogen-bond donors (Lipinski definition) is 1. The molecule has 1 radical (unpaired) electrons. The quantitative estimate of drug-likeness (QED) is 0.613. The molecule has 0 heterocycles. The van der Waals surface area contributed by atoms with Gasteiger partial charge in [-0.15, -0.1) is 0 Å². The second kappa shape index (κ2) is 10.3. The maximum Gasteiger partial charge on any atom is 0.407 e. The molecule has 0 bridgehead atoms. The molecular formula is C10H20NO3. The van der Waals surface area contributed by atoms with Gasteiger partial charge < -0.3 is 10.1 Å². The van der Waals surface area contributed by atoms with Crippen molar-refractivity contribution < 1.29 is 14.6 Å². The summed E-state index contributed by atoms with van der Waals surface area (Å²) in [6.07, 6.45) is 4.00. The van der Waals surface area contributed by atoms with E-state index >= 15 is 0 Å². The standard InChI is InChI=1S/C10H20NO3/c1-2-3-9-14-10(13)11-7-5-4-6-8-12/h2-9H2,1H3,(H,11,13). The van der Waals surface area contributed by atoms with Gasteiger partial charge in [0.15, 0.2) is 0 Å². The summed E-state index contributed by atoms with van der Waals surface area (Å²) in [7, 11) is 0. The van der Waals surface area contributed by atoms with Gasteiger partial charge in [0.2, 0.25) is 0 Å². The number of rotatable bonds is 8. The Morgan fingerprint density at radius 1 is 1.21 bits per heavy atom. The zero-order valence-corrected chi connectivity index (χ0v) is 8.88. The maximum atomic E-state index is 11.0. The minimum atomic E-state index is -0.347. The topological polar surface area (TPSA) is 58.2 Å². The fourth-order valence-corrected chi connectivity index (χ4v) is 0.955. The molecule has 0 saturated carbocycles. The highest BCUT2D eigenvalue weighted by Crippen LogP contribution is 1.93. The molecule has 0 aliphatic rings. The summed E-state index contributed by atoms with van der Waals surface area (Å²) in [6, 6.07) is 0. The van der Waals surface area contributed by atoms with Gasteiger partial charge in [-0.3, -0.25) is 0 Å². The molecule has 1 N–H and O–H groups in total. The van der Waals surface area contributed by atoms with Crippen LogP contribution < -0.4 is 5.32 Å². The van der Waals surface area contributed by atoms with Crippen molar-refractivity contribution in [3.05, 3.63) is 0 Å². The maximum absolute atomic E-state index is 11.0. The van der Waals surface area contributed by atoms with Crippen LogP contribution in [0.25, 0.3) is 0 Å². The fraction of sp³-hybridized carbons (Fsp3) is 0.900. The predicted molar refractivity (Wildman–Crippen MR) is 53.7 cm³/mol. The van der Waals surface area contributed by atoms with Gasteiger partial charge in [-0.25, -0.2) is 9.90 Å². The summed E-state index contributed by atoms with van der Waals surface area (Å²) in [4.78, 5) is 11.0. The lowest BCUT2D eigenvalue weighted by Gasteiger charge is -2.05. The van der Waals surface area contributed by atoms with Crippen molar-refractivity contribution in [3.63, 3.8) is 0 Å². The molecule has 0 aliphatic heterocycles. The van der Waals surface area contributed by atoms with Crippen molar-refractivity contribution in [2.75, 3.05) is 19.8 Å². The van der Waals surface area contributed by atoms with E-state index in [0.29, 0.717) is 19.6 Å². The van der Waals surface area contributed by atoms with Crippen molar-refractivity contribution in [2.45, 2.75) is 39.0 Å². The Kier molecular flexibility index (Phi) is 9.74. The first-order valence-corrected chi connectivity index (χ1v) is 5.30. The molecule has 0 unspecified atom stereocenters. The molecule has 4 nitrogen and oxygen atoms in total. The van der Waals surface area contributed by atoms with E-state index in [-0.39, 0.29) is 12.7 Å². The van der Waals surface area contributed by atoms with Crippen LogP contribution in [0.15, 0.2) is 0 Å². The molecule has 0 aromatic rings. The van der Waals surface area contributed by atoms with E-state index in [2.05, 4.69) is 5.32 Å². The Morgan fingerprint density at radius 2 is 2.00 bits per heavy atom. The van der Waals surface area contributed by atoms with Crippen molar-refractivity contribution >= 4 is 6.09 Å². The number of amides is 1. The van der Waals surface area contributed by atoms with Gasteiger partial charge >= 0.3 is 6.09 Å². The van der Waals surface area contributed by atoms with Gasteiger partial charge in [0, 0.05) is 6.54 Å². The number of carbonyl (C=O) groups excluding carboxylic acids is 1. The molecule has 0 saturated heterocycles. The summed E-state index contributed by atoms with van der Waals surface area (Å²) in [5.74, 6) is 0. The molecule has 83 valence electrons. The number of alkyl carbamates (subject to hydrolysis) is 1. The SMILES string of the molecule is CCCCOC(=O)NCCCCC[O]. The smallest absolute Gasteiger partial charge is 0.407 e. The van der Waals surface area contributed by atoms with E-state index in [1.165, 1.54) is 0 Å². The zero-order valence-electron chi connectivity index (χ0n) is 8.88. The second-order valence-corrected chi connectivity index (χ2v) is 3.18. The predicted octanol–water partition coefficient (Wildman–Crippen LogP) is 2.11. The minimum absolute atomic E-state index is 0.0268. The Bertz CT molecular complexity index is 139. The lowest BCUT2D eigenvalue weighted by Crippen LogP contribution is -2.25. The third kappa shape index (κ3) is 9.32. The zero-order chi connectivity index (χ0) is 10.6. The van der Waals surface area contributed by atoms with E-state index in [1.54, 1.807) is 0 Å². The van der Waals surface area contributed by atoms with Gasteiger partial charge in [0.25, 0.3) is 0 Å². The first-order chi connectivity index (χ1) is 6.81. The van der Waals surface area contributed by atoms with E-state index in [4.69, 9.17) is 4.74 Å². The lowest BCUT2D eigenvalue weighted by atomic mass is 10.2. The van der Waals surface area contributed by atoms with Crippen LogP contribution in [-0.4, -0.2) is 25.9 Å². The number of nitrogens with one attached hydrogen (secondary N) is 1. The number of ether oxygens (including phenoxy) is 1. The first kappa shape index (κ1) is 13.2. The van der Waals surface area contributed by atoms with E-state index in [1.807, 2.05) is 6.92 Å². The Hall–Kier alpha value is -0.770. The van der Waals surface area contributed by atoms with Crippen LogP contribution in [0.4, 0.5) is 4.79 Å². The largest absolute Gasteiger partial charge is 0.450 e. The monoisotopic (exact) mass is 202 g/mol. The molecule has 0 spiro atoms. The van der Waals surface area contributed by atoms with Gasteiger partial charge in [0.05, 0.1) is 13.2 Å². The van der Waals surface area contributed by atoms with Gasteiger partial charge in [-0.1, -0.05) is 13.3 Å². The van der Waals surface area contributed by atoms with Crippen LogP contribution in [0.1, 0.15) is 39.0 Å². The van der Waals surface area contributed by atoms with Crippen molar-refractivity contribution in [1.82, 2.24) is 5.32 Å². The normalized spacial score (nSPS) is 9.86. The molecule has 0 rings (SSSR count). The molecule has 14 heavy (non-hydrogen) atoms. The van der Waals surface area contributed by atoms with Crippen LogP contribution in [-0.2, 0) is 9.84 Å². The van der Waals surface area contributed by atoms with Crippen LogP contribution >= 0.6 is 0 Å². The average molecular weight is 202 g/mol. The molecule has 0 fully saturated rings. The third-order valence-electron chi connectivity index (χ3n) is 1.82. The van der Waals surface area contributed by atoms with Gasteiger partial charge in [-0.05, 0) is 25.7 Å².